The zero-order valence-corrected chi connectivity index (χ0v) is 13.9. The summed E-state index contributed by atoms with van der Waals surface area (Å²) >= 11 is 0.867. The predicted octanol–water partition coefficient (Wildman–Crippen LogP) is 4.45. The third-order valence-corrected chi connectivity index (χ3v) is 5.62. The van der Waals surface area contributed by atoms with Crippen molar-refractivity contribution in [2.24, 2.45) is 0 Å². The van der Waals surface area contributed by atoms with Gasteiger partial charge in [0.15, 0.2) is 0 Å². The molecule has 0 radical (unpaired) electrons. The molecule has 4 rings (SSSR count). The first-order chi connectivity index (χ1) is 11.9. The van der Waals surface area contributed by atoms with Crippen LogP contribution in [-0.4, -0.2) is 22.8 Å². The van der Waals surface area contributed by atoms with E-state index < -0.39 is 11.8 Å². The number of rotatable bonds is 2. The third-order valence-electron chi connectivity index (χ3n) is 4.48. The first-order valence-electron chi connectivity index (χ1n) is 7.92. The first kappa shape index (κ1) is 16.4. The lowest BCUT2D eigenvalue weighted by Crippen LogP contribution is -2.43. The summed E-state index contributed by atoms with van der Waals surface area (Å²) in [6.07, 6.45) is -3.34. The zero-order valence-electron chi connectivity index (χ0n) is 13.1. The highest BCUT2D eigenvalue weighted by Gasteiger charge is 2.58. The van der Waals surface area contributed by atoms with E-state index in [9.17, 15) is 18.3 Å². The van der Waals surface area contributed by atoms with Gasteiger partial charge in [0.25, 0.3) is 0 Å². The molecule has 1 aliphatic heterocycles. The number of aromatic nitrogens is 1. The maximum Gasteiger partial charge on any atom is 0.428 e. The Labute approximate surface area is 146 Å². The quantitative estimate of drug-likeness (QED) is 0.706. The van der Waals surface area contributed by atoms with E-state index in [0.717, 1.165) is 35.6 Å². The number of halogens is 3. The summed E-state index contributed by atoms with van der Waals surface area (Å²) in [5, 5.41) is 13.6. The van der Waals surface area contributed by atoms with Crippen LogP contribution in [0.5, 0.6) is 0 Å². The van der Waals surface area contributed by atoms with E-state index in [1.807, 2.05) is 0 Å². The normalized spacial score (nSPS) is 17.0. The molecule has 1 atom stereocenters. The molecule has 25 heavy (non-hydrogen) atoms. The van der Waals surface area contributed by atoms with E-state index in [1.165, 1.54) is 12.1 Å². The van der Waals surface area contributed by atoms with Gasteiger partial charge >= 0.3 is 6.18 Å². The van der Waals surface area contributed by atoms with Crippen molar-refractivity contribution < 1.29 is 18.3 Å². The molecule has 1 unspecified atom stereocenters. The third kappa shape index (κ3) is 2.58. The molecule has 2 N–H and O–H groups in total. The molecule has 2 heterocycles. The average Bonchev–Trinajstić information content (AvgIpc) is 3.04. The van der Waals surface area contributed by atoms with Crippen molar-refractivity contribution in [2.75, 3.05) is 11.9 Å². The van der Waals surface area contributed by atoms with Crippen LogP contribution in [0, 0.1) is 0 Å². The second-order valence-electron chi connectivity index (χ2n) is 6.10. The van der Waals surface area contributed by atoms with Gasteiger partial charge in [-0.3, -0.25) is 0 Å². The van der Waals surface area contributed by atoms with Gasteiger partial charge in [0.2, 0.25) is 5.60 Å². The fourth-order valence-corrected chi connectivity index (χ4v) is 4.23. The number of anilines is 1. The topological polar surface area (TPSA) is 45.1 Å². The molecule has 0 fully saturated rings. The molecule has 1 aliphatic rings. The Kier molecular flexibility index (Phi) is 3.73. The lowest BCUT2D eigenvalue weighted by Gasteiger charge is -2.30. The first-order valence-corrected chi connectivity index (χ1v) is 8.74. The van der Waals surface area contributed by atoms with Crippen molar-refractivity contribution in [3.63, 3.8) is 0 Å². The Morgan fingerprint density at radius 2 is 1.92 bits per heavy atom. The molecule has 1 aromatic heterocycles. The molecule has 0 saturated heterocycles. The maximum absolute atomic E-state index is 13.9. The average molecular weight is 364 g/mol. The molecular weight excluding hydrogens is 349 g/mol. The molecule has 0 saturated carbocycles. The van der Waals surface area contributed by atoms with Crippen molar-refractivity contribution in [2.45, 2.75) is 24.6 Å². The highest BCUT2D eigenvalue weighted by atomic mass is 32.1. The van der Waals surface area contributed by atoms with Gasteiger partial charge in [-0.1, -0.05) is 24.3 Å². The van der Waals surface area contributed by atoms with Crippen LogP contribution < -0.4 is 5.32 Å². The molecular formula is C18H15F3N2OS. The fourth-order valence-electron chi connectivity index (χ4n) is 3.14. The molecule has 0 spiro atoms. The van der Waals surface area contributed by atoms with Gasteiger partial charge in [-0.25, -0.2) is 4.98 Å². The largest absolute Gasteiger partial charge is 0.428 e. The Hall–Kier alpha value is -2.12. The molecule has 0 aliphatic carbocycles. The summed E-state index contributed by atoms with van der Waals surface area (Å²) in [5.41, 5.74) is -1.26. The monoisotopic (exact) mass is 364 g/mol. The van der Waals surface area contributed by atoms with Crippen LogP contribution >= 0.6 is 11.3 Å². The Morgan fingerprint density at radius 3 is 2.68 bits per heavy atom. The van der Waals surface area contributed by atoms with Gasteiger partial charge in [0, 0.05) is 17.8 Å². The highest BCUT2D eigenvalue weighted by Crippen LogP contribution is 2.47. The number of para-hydroxylation sites is 1. The number of hydrogen-bond donors (Lipinski definition) is 2. The summed E-state index contributed by atoms with van der Waals surface area (Å²) in [6.45, 7) is 0.799. The van der Waals surface area contributed by atoms with E-state index in [1.54, 1.807) is 30.3 Å². The summed E-state index contributed by atoms with van der Waals surface area (Å²) in [5.74, 6) is 0. The molecule has 2 aromatic carbocycles. The molecule has 0 amide bonds. The number of benzene rings is 2. The van der Waals surface area contributed by atoms with E-state index >= 15 is 0 Å². The number of nitrogens with one attached hydrogen (secondary N) is 1. The summed E-state index contributed by atoms with van der Waals surface area (Å²) in [7, 11) is 0. The van der Waals surface area contributed by atoms with Crippen LogP contribution in [0.15, 0.2) is 42.5 Å². The second kappa shape index (κ2) is 5.71. The maximum atomic E-state index is 13.9. The summed E-state index contributed by atoms with van der Waals surface area (Å²) in [6, 6.07) is 11.2. The minimum Gasteiger partial charge on any atom is -0.385 e. The lowest BCUT2D eigenvalue weighted by atomic mass is 9.90. The smallest absolute Gasteiger partial charge is 0.385 e. The number of nitrogens with zero attached hydrogens (tertiary/aromatic N) is 1. The molecule has 7 heteroatoms. The molecule has 3 aromatic rings. The van der Waals surface area contributed by atoms with Crippen LogP contribution in [0.2, 0.25) is 0 Å². The van der Waals surface area contributed by atoms with Gasteiger partial charge in [-0.2, -0.15) is 13.2 Å². The molecule has 3 nitrogen and oxygen atoms in total. The zero-order chi connectivity index (χ0) is 17.7. The van der Waals surface area contributed by atoms with Crippen molar-refractivity contribution in [3.05, 3.63) is 58.6 Å². The van der Waals surface area contributed by atoms with Crippen LogP contribution in [-0.2, 0) is 12.0 Å². The van der Waals surface area contributed by atoms with E-state index in [0.29, 0.717) is 16.6 Å². The van der Waals surface area contributed by atoms with Crippen LogP contribution in [0.3, 0.4) is 0 Å². The summed E-state index contributed by atoms with van der Waals surface area (Å²) < 4.78 is 42.4. The Morgan fingerprint density at radius 1 is 1.12 bits per heavy atom. The number of alkyl halides is 3. The van der Waals surface area contributed by atoms with E-state index in [-0.39, 0.29) is 10.6 Å². The Balaban J connectivity index is 1.90. The Bertz CT molecular complexity index is 904. The van der Waals surface area contributed by atoms with Gasteiger partial charge in [0.1, 0.15) is 5.01 Å². The van der Waals surface area contributed by atoms with Crippen molar-refractivity contribution in [1.82, 2.24) is 4.98 Å². The number of hydrogen-bond acceptors (Lipinski definition) is 4. The highest BCUT2D eigenvalue weighted by molar-refractivity contribution is 7.18. The van der Waals surface area contributed by atoms with Crippen LogP contribution in [0.25, 0.3) is 10.2 Å². The SMILES string of the molecule is OC(c1ccc2c(c1)CCCN2)(c1nc2ccccc2s1)C(F)(F)F. The van der Waals surface area contributed by atoms with E-state index in [2.05, 4.69) is 10.3 Å². The van der Waals surface area contributed by atoms with Gasteiger partial charge < -0.3 is 10.4 Å². The van der Waals surface area contributed by atoms with E-state index in [4.69, 9.17) is 0 Å². The van der Waals surface area contributed by atoms with Gasteiger partial charge in [0.05, 0.1) is 10.2 Å². The van der Waals surface area contributed by atoms with Gasteiger partial charge in [-0.05, 0) is 36.6 Å². The predicted molar refractivity (Wildman–Crippen MR) is 91.9 cm³/mol. The summed E-state index contributed by atoms with van der Waals surface area (Å²) in [4.78, 5) is 4.07. The van der Waals surface area contributed by atoms with Crippen molar-refractivity contribution >= 4 is 27.2 Å². The number of thiazole rings is 1. The number of fused-ring (bicyclic) bond motifs is 2. The fraction of sp³-hybridized carbons (Fsp3) is 0.278. The van der Waals surface area contributed by atoms with Crippen molar-refractivity contribution in [3.8, 4) is 0 Å². The minimum atomic E-state index is -4.88. The molecule has 0 bridgehead atoms. The van der Waals surface area contributed by atoms with Gasteiger partial charge in [-0.15, -0.1) is 11.3 Å². The van der Waals surface area contributed by atoms with Crippen molar-refractivity contribution in [1.29, 1.82) is 0 Å². The standard InChI is InChI=1S/C18H15F3N2OS/c19-18(20,21)17(24,16-23-14-5-1-2-6-15(14)25-16)12-7-8-13-11(10-12)4-3-9-22-13/h1-2,5-8,10,22,24H,3-4,9H2. The number of aryl methyl sites for hydroxylation is 1. The minimum absolute atomic E-state index is 0.193. The second-order valence-corrected chi connectivity index (χ2v) is 7.13. The number of aliphatic hydroxyl groups is 1. The van der Waals surface area contributed by atoms with Crippen LogP contribution in [0.1, 0.15) is 22.6 Å². The van der Waals surface area contributed by atoms with Crippen LogP contribution in [0.4, 0.5) is 18.9 Å². The molecule has 130 valence electrons. The lowest BCUT2D eigenvalue weighted by molar-refractivity contribution is -0.248.